The fraction of sp³-hybridized carbons (Fsp3) is 0.429. The number of halogens is 1. The van der Waals surface area contributed by atoms with Gasteiger partial charge in [-0.15, -0.1) is 0 Å². The van der Waals surface area contributed by atoms with Crippen LogP contribution in [-0.2, 0) is 10.0 Å². The number of piperazine rings is 1. The summed E-state index contributed by atoms with van der Waals surface area (Å²) in [5.41, 5.74) is 0.674. The molecule has 1 fully saturated rings. The van der Waals surface area contributed by atoms with Gasteiger partial charge in [-0.3, -0.25) is 10.1 Å². The third-order valence-corrected chi connectivity index (χ3v) is 7.37. The van der Waals surface area contributed by atoms with E-state index in [4.69, 9.17) is 0 Å². The molecule has 0 amide bonds. The molecule has 0 bridgehead atoms. The van der Waals surface area contributed by atoms with E-state index in [9.17, 15) is 22.9 Å². The van der Waals surface area contributed by atoms with Crippen LogP contribution in [0.3, 0.4) is 0 Å². The molecule has 2 aromatic rings. The predicted octanol–water partition coefficient (Wildman–Crippen LogP) is 3.48. The van der Waals surface area contributed by atoms with Gasteiger partial charge in [-0.05, 0) is 42.8 Å². The summed E-state index contributed by atoms with van der Waals surface area (Å²) < 4.78 is 40.6. The Bertz CT molecular complexity index is 1040. The van der Waals surface area contributed by atoms with Gasteiger partial charge in [0.05, 0.1) is 15.9 Å². The molecule has 1 N–H and O–H groups in total. The summed E-state index contributed by atoms with van der Waals surface area (Å²) in [6.45, 7) is 5.78. The first-order valence-corrected chi connectivity index (χ1v) is 11.5. The number of hydrogen-bond donors (Lipinski definition) is 1. The molecule has 0 spiro atoms. The molecular formula is C21H27FN4O4S. The quantitative estimate of drug-likeness (QED) is 0.513. The van der Waals surface area contributed by atoms with Crippen LogP contribution in [0.2, 0.25) is 0 Å². The molecule has 3 rings (SSSR count). The zero-order chi connectivity index (χ0) is 22.8. The Labute approximate surface area is 181 Å². The highest BCUT2D eigenvalue weighted by Gasteiger charge is 2.30. The van der Waals surface area contributed by atoms with Crippen LogP contribution >= 0.6 is 0 Å². The van der Waals surface area contributed by atoms with Crippen molar-refractivity contribution in [2.24, 2.45) is 5.92 Å². The Morgan fingerprint density at radius 2 is 1.68 bits per heavy atom. The highest BCUT2D eigenvalue weighted by molar-refractivity contribution is 7.89. The van der Waals surface area contributed by atoms with Crippen molar-refractivity contribution in [2.75, 3.05) is 38.5 Å². The monoisotopic (exact) mass is 450 g/mol. The number of anilines is 1. The van der Waals surface area contributed by atoms with E-state index in [2.05, 4.69) is 5.32 Å². The average molecular weight is 451 g/mol. The van der Waals surface area contributed by atoms with E-state index < -0.39 is 14.9 Å². The summed E-state index contributed by atoms with van der Waals surface area (Å²) in [4.78, 5) is 13.1. The second-order valence-corrected chi connectivity index (χ2v) is 10.00. The van der Waals surface area contributed by atoms with Crippen LogP contribution in [0.1, 0.15) is 25.5 Å². The van der Waals surface area contributed by atoms with Crippen LogP contribution in [-0.4, -0.2) is 55.8 Å². The molecule has 2 aromatic carbocycles. The van der Waals surface area contributed by atoms with Crippen molar-refractivity contribution >= 4 is 21.4 Å². The minimum atomic E-state index is -3.83. The van der Waals surface area contributed by atoms with Crippen LogP contribution in [0, 0.1) is 21.8 Å². The van der Waals surface area contributed by atoms with Crippen molar-refractivity contribution in [1.29, 1.82) is 0 Å². The lowest BCUT2D eigenvalue weighted by Crippen LogP contribution is -2.47. The van der Waals surface area contributed by atoms with Crippen LogP contribution in [0.4, 0.5) is 15.8 Å². The van der Waals surface area contributed by atoms with E-state index >= 15 is 0 Å². The number of sulfonamides is 1. The number of nitro groups is 1. The number of likely N-dealkylation sites (N-methyl/N-ethyl adjacent to an activating group) is 1. The third-order valence-electron chi connectivity index (χ3n) is 5.47. The molecule has 31 heavy (non-hydrogen) atoms. The summed E-state index contributed by atoms with van der Waals surface area (Å²) in [5, 5.41) is 14.9. The summed E-state index contributed by atoms with van der Waals surface area (Å²) in [7, 11) is -1.91. The maximum atomic E-state index is 13.3. The van der Waals surface area contributed by atoms with Crippen molar-refractivity contribution in [3.05, 3.63) is 64.0 Å². The SMILES string of the molecule is CC(C)[C@H](Nc1ccc(S(=O)(=O)N2CCN(C)CC2)cc1[N+](=O)[O-])c1ccc(F)cc1. The van der Waals surface area contributed by atoms with Crippen LogP contribution in [0.15, 0.2) is 47.4 Å². The molecule has 1 aliphatic rings. The Morgan fingerprint density at radius 3 is 2.23 bits per heavy atom. The summed E-state index contributed by atoms with van der Waals surface area (Å²) in [6, 6.07) is 9.55. The van der Waals surface area contributed by atoms with Gasteiger partial charge in [0.1, 0.15) is 11.5 Å². The van der Waals surface area contributed by atoms with Gasteiger partial charge < -0.3 is 10.2 Å². The molecule has 0 radical (unpaired) electrons. The molecule has 1 aliphatic heterocycles. The molecule has 0 aliphatic carbocycles. The summed E-state index contributed by atoms with van der Waals surface area (Å²) >= 11 is 0. The highest BCUT2D eigenvalue weighted by Crippen LogP contribution is 2.34. The maximum Gasteiger partial charge on any atom is 0.293 e. The number of nitro benzene ring substituents is 1. The zero-order valence-electron chi connectivity index (χ0n) is 17.8. The standard InChI is InChI=1S/C21H27FN4O4S/c1-15(2)21(16-4-6-17(22)7-5-16)23-19-9-8-18(14-20(19)26(27)28)31(29,30)25-12-10-24(3)11-13-25/h4-9,14-15,21,23H,10-13H2,1-3H3/t21-/m0/s1. The summed E-state index contributed by atoms with van der Waals surface area (Å²) in [6.07, 6.45) is 0. The van der Waals surface area contributed by atoms with E-state index in [-0.39, 0.29) is 34.0 Å². The van der Waals surface area contributed by atoms with Crippen molar-refractivity contribution < 1.29 is 17.7 Å². The second kappa shape index (κ2) is 9.29. The van der Waals surface area contributed by atoms with E-state index in [0.717, 1.165) is 11.6 Å². The first kappa shape index (κ1) is 23.1. The largest absolute Gasteiger partial charge is 0.372 e. The van der Waals surface area contributed by atoms with Crippen molar-refractivity contribution in [1.82, 2.24) is 9.21 Å². The van der Waals surface area contributed by atoms with Gasteiger partial charge in [0.15, 0.2) is 0 Å². The Hall–Kier alpha value is -2.56. The first-order chi connectivity index (χ1) is 14.6. The molecule has 0 saturated carbocycles. The van der Waals surface area contributed by atoms with E-state index in [1.54, 1.807) is 12.1 Å². The topological polar surface area (TPSA) is 95.8 Å². The van der Waals surface area contributed by atoms with Crippen LogP contribution < -0.4 is 5.32 Å². The Kier molecular flexibility index (Phi) is 6.93. The molecule has 1 heterocycles. The average Bonchev–Trinajstić information content (AvgIpc) is 2.72. The van der Waals surface area contributed by atoms with Gasteiger partial charge in [-0.25, -0.2) is 12.8 Å². The molecule has 0 unspecified atom stereocenters. The van der Waals surface area contributed by atoms with E-state index in [1.165, 1.54) is 28.6 Å². The molecule has 168 valence electrons. The molecule has 0 aromatic heterocycles. The number of rotatable bonds is 7. The zero-order valence-corrected chi connectivity index (χ0v) is 18.6. The first-order valence-electron chi connectivity index (χ1n) is 10.1. The van der Waals surface area contributed by atoms with Gasteiger partial charge in [0.2, 0.25) is 10.0 Å². The number of benzene rings is 2. The predicted molar refractivity (Wildman–Crippen MR) is 117 cm³/mol. The maximum absolute atomic E-state index is 13.3. The van der Waals surface area contributed by atoms with Crippen molar-refractivity contribution in [3.8, 4) is 0 Å². The number of nitrogens with zero attached hydrogens (tertiary/aromatic N) is 3. The molecule has 1 atom stereocenters. The molecular weight excluding hydrogens is 423 g/mol. The Balaban J connectivity index is 1.93. The van der Waals surface area contributed by atoms with Crippen molar-refractivity contribution in [2.45, 2.75) is 24.8 Å². The lowest BCUT2D eigenvalue weighted by atomic mass is 9.95. The molecule has 8 nitrogen and oxygen atoms in total. The van der Waals surface area contributed by atoms with Gasteiger partial charge >= 0.3 is 0 Å². The van der Waals surface area contributed by atoms with E-state index in [1.807, 2.05) is 25.8 Å². The smallest absolute Gasteiger partial charge is 0.293 e. The van der Waals surface area contributed by atoms with Gasteiger partial charge in [-0.1, -0.05) is 26.0 Å². The Morgan fingerprint density at radius 1 is 1.06 bits per heavy atom. The highest BCUT2D eigenvalue weighted by atomic mass is 32.2. The van der Waals surface area contributed by atoms with Gasteiger partial charge in [0, 0.05) is 32.2 Å². The third kappa shape index (κ3) is 5.20. The van der Waals surface area contributed by atoms with Crippen LogP contribution in [0.5, 0.6) is 0 Å². The minimum absolute atomic E-state index is 0.0406. The number of nitrogens with one attached hydrogen (secondary N) is 1. The minimum Gasteiger partial charge on any atom is -0.372 e. The second-order valence-electron chi connectivity index (χ2n) is 8.06. The lowest BCUT2D eigenvalue weighted by Gasteiger charge is -2.31. The normalized spacial score (nSPS) is 16.9. The molecule has 10 heteroatoms. The summed E-state index contributed by atoms with van der Waals surface area (Å²) in [5.74, 6) is -0.325. The van der Waals surface area contributed by atoms with E-state index in [0.29, 0.717) is 26.2 Å². The van der Waals surface area contributed by atoms with Gasteiger partial charge in [-0.2, -0.15) is 4.31 Å². The van der Waals surface area contributed by atoms with Gasteiger partial charge in [0.25, 0.3) is 5.69 Å². The number of hydrogen-bond acceptors (Lipinski definition) is 6. The molecule has 1 saturated heterocycles. The van der Waals surface area contributed by atoms with Crippen molar-refractivity contribution in [3.63, 3.8) is 0 Å². The fourth-order valence-electron chi connectivity index (χ4n) is 3.60. The fourth-order valence-corrected chi connectivity index (χ4v) is 5.04. The lowest BCUT2D eigenvalue weighted by molar-refractivity contribution is -0.384. The van der Waals surface area contributed by atoms with Crippen LogP contribution in [0.25, 0.3) is 0 Å².